The molecule has 1 aromatic heterocycles. The summed E-state index contributed by atoms with van der Waals surface area (Å²) in [5.74, 6) is 9.46. The van der Waals surface area contributed by atoms with E-state index in [2.05, 4.69) is 145 Å². The van der Waals surface area contributed by atoms with Gasteiger partial charge in [0.25, 0.3) is 0 Å². The van der Waals surface area contributed by atoms with E-state index in [1.54, 1.807) is 0 Å². The highest BCUT2D eigenvalue weighted by molar-refractivity contribution is 8.21. The fourth-order valence-corrected chi connectivity index (χ4v) is 8.28. The first kappa shape index (κ1) is 26.6. The molecule has 40 heavy (non-hydrogen) atoms. The molecule has 3 heteroatoms. The van der Waals surface area contributed by atoms with Crippen molar-refractivity contribution in [1.82, 2.24) is 4.57 Å². The first-order valence-corrected chi connectivity index (χ1v) is 16.1. The van der Waals surface area contributed by atoms with Gasteiger partial charge < -0.3 is 4.57 Å². The second kappa shape index (κ2) is 12.3. The molecule has 0 unspecified atom stereocenters. The van der Waals surface area contributed by atoms with Crippen LogP contribution in [-0.2, 0) is 4.08 Å². The Morgan fingerprint density at radius 2 is 1.30 bits per heavy atom. The van der Waals surface area contributed by atoms with Crippen LogP contribution in [0.5, 0.6) is 0 Å². The summed E-state index contributed by atoms with van der Waals surface area (Å²) in [7, 11) is 0. The predicted molar refractivity (Wildman–Crippen MR) is 176 cm³/mol. The van der Waals surface area contributed by atoms with Gasteiger partial charge in [-0.15, -0.1) is 29.4 Å². The highest BCUT2D eigenvalue weighted by Crippen LogP contribution is 2.52. The lowest BCUT2D eigenvalue weighted by Crippen LogP contribution is -2.11. The van der Waals surface area contributed by atoms with E-state index in [9.17, 15) is 0 Å². The van der Waals surface area contributed by atoms with Crippen molar-refractivity contribution >= 4 is 23.5 Å². The molecule has 0 radical (unpaired) electrons. The molecule has 0 N–H and O–H groups in total. The summed E-state index contributed by atoms with van der Waals surface area (Å²) in [6.07, 6.45) is 3.33. The molecule has 0 bridgehead atoms. The van der Waals surface area contributed by atoms with E-state index in [-0.39, 0.29) is 4.08 Å². The average Bonchev–Trinajstić information content (AvgIpc) is 3.67. The standard InChI is InChI=1S/C37H33NS2/c1-2-3-4-14-25-37(39-26-27-40-37)32-23-21-31(22-24-32)36-34(29-15-8-5-9-16-29)28-35(30-17-10-6-11-18-30)38(36)33-19-12-7-13-20-33/h5-13,15-24,28H,2-4,26-27H2,1H3. The Balaban J connectivity index is 1.53. The fraction of sp³-hybridized carbons (Fsp3) is 0.189. The van der Waals surface area contributed by atoms with E-state index in [1.165, 1.54) is 52.0 Å². The van der Waals surface area contributed by atoms with Gasteiger partial charge in [-0.3, -0.25) is 0 Å². The maximum Gasteiger partial charge on any atom is 0.147 e. The van der Waals surface area contributed by atoms with Gasteiger partial charge in [-0.05, 0) is 46.9 Å². The molecular formula is C37H33NS2. The van der Waals surface area contributed by atoms with Crippen molar-refractivity contribution in [2.75, 3.05) is 11.5 Å². The summed E-state index contributed by atoms with van der Waals surface area (Å²) < 4.78 is 2.26. The Kier molecular flexibility index (Phi) is 8.19. The van der Waals surface area contributed by atoms with Crippen LogP contribution in [0.2, 0.25) is 0 Å². The molecule has 4 aromatic carbocycles. The van der Waals surface area contributed by atoms with Crippen LogP contribution in [0, 0.1) is 11.8 Å². The van der Waals surface area contributed by atoms with E-state index in [0.29, 0.717) is 0 Å². The third-order valence-corrected chi connectivity index (χ3v) is 10.6. The molecule has 1 fully saturated rings. The fourth-order valence-electron chi connectivity index (χ4n) is 5.31. The minimum Gasteiger partial charge on any atom is -0.309 e. The summed E-state index contributed by atoms with van der Waals surface area (Å²) in [5, 5.41) is 0. The maximum atomic E-state index is 3.68. The number of rotatable bonds is 7. The Bertz CT molecular complexity index is 1600. The Morgan fingerprint density at radius 1 is 0.700 bits per heavy atom. The number of thioether (sulfide) groups is 2. The van der Waals surface area contributed by atoms with Gasteiger partial charge in [0, 0.05) is 29.2 Å². The van der Waals surface area contributed by atoms with E-state index >= 15 is 0 Å². The quantitative estimate of drug-likeness (QED) is 0.145. The zero-order valence-electron chi connectivity index (χ0n) is 22.8. The first-order valence-electron chi connectivity index (χ1n) is 14.1. The van der Waals surface area contributed by atoms with Gasteiger partial charge in [0.2, 0.25) is 0 Å². The van der Waals surface area contributed by atoms with E-state index in [1.807, 2.05) is 23.5 Å². The number of hydrogen-bond acceptors (Lipinski definition) is 2. The first-order chi connectivity index (χ1) is 19.8. The molecule has 0 saturated carbocycles. The smallest absolute Gasteiger partial charge is 0.147 e. The molecule has 0 amide bonds. The minimum atomic E-state index is -0.162. The summed E-state index contributed by atoms with van der Waals surface area (Å²) in [6, 6.07) is 43.8. The molecular weight excluding hydrogens is 523 g/mol. The van der Waals surface area contributed by atoms with Gasteiger partial charge in [0.1, 0.15) is 4.08 Å². The molecule has 1 aliphatic rings. The molecule has 0 spiro atoms. The van der Waals surface area contributed by atoms with Gasteiger partial charge in [-0.25, -0.2) is 0 Å². The largest absolute Gasteiger partial charge is 0.309 e. The molecule has 5 aromatic rings. The Labute approximate surface area is 247 Å². The van der Waals surface area contributed by atoms with Crippen molar-refractivity contribution in [2.45, 2.75) is 30.3 Å². The molecule has 1 aliphatic heterocycles. The van der Waals surface area contributed by atoms with Crippen LogP contribution < -0.4 is 0 Å². The van der Waals surface area contributed by atoms with Crippen molar-refractivity contribution in [3.8, 4) is 51.2 Å². The van der Waals surface area contributed by atoms with Crippen molar-refractivity contribution in [2.24, 2.45) is 0 Å². The van der Waals surface area contributed by atoms with Crippen molar-refractivity contribution in [3.05, 3.63) is 127 Å². The number of aromatic nitrogens is 1. The third kappa shape index (κ3) is 5.39. The van der Waals surface area contributed by atoms with Crippen molar-refractivity contribution < 1.29 is 0 Å². The second-order valence-electron chi connectivity index (χ2n) is 9.99. The Hall–Kier alpha value is -3.58. The lowest BCUT2D eigenvalue weighted by molar-refractivity contribution is 0.827. The lowest BCUT2D eigenvalue weighted by atomic mass is 9.99. The lowest BCUT2D eigenvalue weighted by Gasteiger charge is -2.22. The zero-order chi connectivity index (χ0) is 27.2. The van der Waals surface area contributed by atoms with Crippen molar-refractivity contribution in [3.63, 3.8) is 0 Å². The van der Waals surface area contributed by atoms with Crippen LogP contribution in [0.15, 0.2) is 121 Å². The molecule has 6 rings (SSSR count). The van der Waals surface area contributed by atoms with Gasteiger partial charge in [-0.1, -0.05) is 122 Å². The highest BCUT2D eigenvalue weighted by atomic mass is 32.2. The normalized spacial score (nSPS) is 14.0. The second-order valence-corrected chi connectivity index (χ2v) is 12.9. The summed E-state index contributed by atoms with van der Waals surface area (Å²) in [5.41, 5.74) is 9.70. The molecule has 1 nitrogen and oxygen atoms in total. The van der Waals surface area contributed by atoms with Crippen LogP contribution in [0.25, 0.3) is 39.3 Å². The van der Waals surface area contributed by atoms with Gasteiger partial charge in [0.15, 0.2) is 0 Å². The van der Waals surface area contributed by atoms with Crippen LogP contribution in [0.3, 0.4) is 0 Å². The van der Waals surface area contributed by atoms with Gasteiger partial charge in [-0.2, -0.15) is 0 Å². The summed E-state index contributed by atoms with van der Waals surface area (Å²) in [4.78, 5) is 0. The minimum absolute atomic E-state index is 0.162. The molecule has 0 atom stereocenters. The molecule has 0 aliphatic carbocycles. The van der Waals surface area contributed by atoms with Gasteiger partial charge >= 0.3 is 0 Å². The number of benzene rings is 4. The predicted octanol–water partition coefficient (Wildman–Crippen LogP) is 10.3. The SMILES string of the molecule is CCCCC#CC1(c2ccc(-c3c(-c4ccccc4)cc(-c4ccccc4)n3-c3ccccc3)cc2)SCCS1. The summed E-state index contributed by atoms with van der Waals surface area (Å²) >= 11 is 3.98. The number of nitrogens with zero attached hydrogens (tertiary/aromatic N) is 1. The molecule has 2 heterocycles. The average molecular weight is 556 g/mol. The summed E-state index contributed by atoms with van der Waals surface area (Å²) in [6.45, 7) is 2.23. The van der Waals surface area contributed by atoms with Crippen LogP contribution in [0.1, 0.15) is 31.7 Å². The van der Waals surface area contributed by atoms with Crippen LogP contribution >= 0.6 is 23.5 Å². The van der Waals surface area contributed by atoms with Crippen LogP contribution in [-0.4, -0.2) is 16.1 Å². The monoisotopic (exact) mass is 555 g/mol. The van der Waals surface area contributed by atoms with E-state index in [0.717, 1.165) is 23.6 Å². The van der Waals surface area contributed by atoms with E-state index < -0.39 is 0 Å². The third-order valence-electron chi connectivity index (χ3n) is 7.31. The molecule has 1 saturated heterocycles. The Morgan fingerprint density at radius 3 is 1.93 bits per heavy atom. The number of hydrogen-bond donors (Lipinski definition) is 0. The zero-order valence-corrected chi connectivity index (χ0v) is 24.5. The van der Waals surface area contributed by atoms with E-state index in [4.69, 9.17) is 0 Å². The number of unbranched alkanes of at least 4 members (excludes halogenated alkanes) is 2. The van der Waals surface area contributed by atoms with Gasteiger partial charge in [0.05, 0.1) is 11.4 Å². The topological polar surface area (TPSA) is 4.93 Å². The maximum absolute atomic E-state index is 3.68. The van der Waals surface area contributed by atoms with Crippen molar-refractivity contribution in [1.29, 1.82) is 0 Å². The molecule has 198 valence electrons. The highest BCUT2D eigenvalue weighted by Gasteiger charge is 2.36. The number of para-hydroxylation sites is 1. The van der Waals surface area contributed by atoms with Crippen LogP contribution in [0.4, 0.5) is 0 Å².